The highest BCUT2D eigenvalue weighted by Gasteiger charge is 2.26. The molecule has 1 aromatic rings. The van der Waals surface area contributed by atoms with E-state index in [0.717, 1.165) is 10.5 Å². The van der Waals surface area contributed by atoms with Gasteiger partial charge in [-0.15, -0.1) is 0 Å². The van der Waals surface area contributed by atoms with Gasteiger partial charge in [0.05, 0.1) is 0 Å². The van der Waals surface area contributed by atoms with Crippen molar-refractivity contribution in [3.05, 3.63) is 35.6 Å². The summed E-state index contributed by atoms with van der Waals surface area (Å²) in [5.41, 5.74) is 5.49. The Morgan fingerprint density at radius 3 is 2.61 bits per heavy atom. The van der Waals surface area contributed by atoms with Crippen molar-refractivity contribution in [2.45, 2.75) is 32.8 Å². The van der Waals surface area contributed by atoms with E-state index in [2.05, 4.69) is 5.32 Å². The molecule has 0 aliphatic carbocycles. The normalized spacial score (nSPS) is 11.0. The van der Waals surface area contributed by atoms with Gasteiger partial charge < -0.3 is 15.8 Å². The summed E-state index contributed by atoms with van der Waals surface area (Å²) in [7, 11) is 0. The number of hydrogen-bond acceptors (Lipinski definition) is 4. The molecule has 23 heavy (non-hydrogen) atoms. The number of ether oxygens (including phenoxy) is 1. The van der Waals surface area contributed by atoms with E-state index < -0.39 is 17.7 Å². The van der Waals surface area contributed by atoms with Crippen molar-refractivity contribution in [1.82, 2.24) is 10.2 Å². The van der Waals surface area contributed by atoms with E-state index in [4.69, 9.17) is 10.5 Å². The third kappa shape index (κ3) is 7.10. The molecule has 0 aromatic heterocycles. The minimum atomic E-state index is -0.744. The van der Waals surface area contributed by atoms with Crippen molar-refractivity contribution in [3.8, 4) is 0 Å². The van der Waals surface area contributed by atoms with Crippen LogP contribution in [0.4, 0.5) is 14.0 Å². The molecule has 0 aliphatic rings. The van der Waals surface area contributed by atoms with E-state index in [0.29, 0.717) is 6.42 Å². The zero-order chi connectivity index (χ0) is 17.5. The number of halogens is 1. The number of hydrogen-bond donors (Lipinski definition) is 2. The Labute approximate surface area is 135 Å². The fourth-order valence-corrected chi connectivity index (χ4v) is 1.82. The van der Waals surface area contributed by atoms with Crippen LogP contribution in [0.15, 0.2) is 24.3 Å². The molecule has 128 valence electrons. The van der Waals surface area contributed by atoms with E-state index in [1.54, 1.807) is 32.9 Å². The molecule has 0 heterocycles. The molecule has 1 aromatic carbocycles. The summed E-state index contributed by atoms with van der Waals surface area (Å²) < 4.78 is 18.2. The van der Waals surface area contributed by atoms with Crippen LogP contribution in [-0.2, 0) is 11.2 Å². The molecule has 0 aliphatic heterocycles. The van der Waals surface area contributed by atoms with Gasteiger partial charge in [0.1, 0.15) is 11.4 Å². The first-order chi connectivity index (χ1) is 10.7. The van der Waals surface area contributed by atoms with E-state index in [-0.39, 0.29) is 25.5 Å². The van der Waals surface area contributed by atoms with Crippen molar-refractivity contribution in [3.63, 3.8) is 0 Å². The highest BCUT2D eigenvalue weighted by atomic mass is 19.1. The lowest BCUT2D eigenvalue weighted by molar-refractivity contribution is 0.0325. The molecule has 0 saturated carbocycles. The second-order valence-corrected chi connectivity index (χ2v) is 6.03. The number of urea groups is 1. The Morgan fingerprint density at radius 1 is 1.35 bits per heavy atom. The Hall–Kier alpha value is -2.15. The van der Waals surface area contributed by atoms with E-state index in [1.807, 2.05) is 0 Å². The van der Waals surface area contributed by atoms with Gasteiger partial charge in [-0.25, -0.2) is 18.9 Å². The van der Waals surface area contributed by atoms with Gasteiger partial charge in [0.25, 0.3) is 0 Å². The number of nitrogens with zero attached hydrogens (tertiary/aromatic N) is 1. The molecule has 0 saturated heterocycles. The van der Waals surface area contributed by atoms with Gasteiger partial charge in [-0.3, -0.25) is 0 Å². The smallest absolute Gasteiger partial charge is 0.418 e. The predicted molar refractivity (Wildman–Crippen MR) is 85.5 cm³/mol. The van der Waals surface area contributed by atoms with Crippen LogP contribution in [0.1, 0.15) is 26.3 Å². The Kier molecular flexibility index (Phi) is 6.96. The van der Waals surface area contributed by atoms with Crippen LogP contribution in [0.3, 0.4) is 0 Å². The zero-order valence-corrected chi connectivity index (χ0v) is 13.8. The van der Waals surface area contributed by atoms with Crippen LogP contribution in [0, 0.1) is 5.82 Å². The predicted octanol–water partition coefficient (Wildman–Crippen LogP) is 2.27. The molecule has 0 unspecified atom stereocenters. The minimum absolute atomic E-state index is 0.0563. The number of rotatable bonds is 5. The lowest BCUT2D eigenvalue weighted by atomic mass is 10.1. The van der Waals surface area contributed by atoms with Crippen molar-refractivity contribution in [1.29, 1.82) is 0 Å². The average molecular weight is 325 g/mol. The minimum Gasteiger partial charge on any atom is -0.443 e. The number of amides is 3. The number of carbonyl (C=O) groups is 2. The molecule has 3 N–H and O–H groups in total. The summed E-state index contributed by atoms with van der Waals surface area (Å²) in [5, 5.41) is 2.61. The first kappa shape index (κ1) is 18.9. The third-order valence-electron chi connectivity index (χ3n) is 2.79. The molecule has 6 nitrogen and oxygen atoms in total. The largest absolute Gasteiger partial charge is 0.443 e. The molecule has 0 bridgehead atoms. The number of nitrogens with two attached hydrogens (primary N) is 1. The average Bonchev–Trinajstić information content (AvgIpc) is 2.42. The van der Waals surface area contributed by atoms with Crippen LogP contribution >= 0.6 is 0 Å². The first-order valence-electron chi connectivity index (χ1n) is 7.46. The maximum absolute atomic E-state index is 13.1. The van der Waals surface area contributed by atoms with Gasteiger partial charge >= 0.3 is 12.1 Å². The monoisotopic (exact) mass is 325 g/mol. The number of nitrogens with one attached hydrogen (secondary N) is 1. The van der Waals surface area contributed by atoms with Gasteiger partial charge in [0, 0.05) is 19.6 Å². The van der Waals surface area contributed by atoms with Crippen LogP contribution in [0.5, 0.6) is 0 Å². The van der Waals surface area contributed by atoms with Crippen molar-refractivity contribution in [2.24, 2.45) is 5.73 Å². The number of carbonyl (C=O) groups excluding carboxylic acids is 2. The number of benzene rings is 1. The molecule has 7 heteroatoms. The quantitative estimate of drug-likeness (QED) is 0.870. The van der Waals surface area contributed by atoms with Crippen molar-refractivity contribution < 1.29 is 18.7 Å². The molecular formula is C16H24FN3O3. The lowest BCUT2D eigenvalue weighted by Gasteiger charge is -2.26. The number of imide groups is 1. The van der Waals surface area contributed by atoms with Gasteiger partial charge in [-0.2, -0.15) is 0 Å². The van der Waals surface area contributed by atoms with Crippen LogP contribution in [0.25, 0.3) is 0 Å². The highest BCUT2D eigenvalue weighted by Crippen LogP contribution is 2.10. The van der Waals surface area contributed by atoms with E-state index in [9.17, 15) is 14.0 Å². The lowest BCUT2D eigenvalue weighted by Crippen LogP contribution is -2.48. The Bertz CT molecular complexity index is 544. The van der Waals surface area contributed by atoms with E-state index in [1.165, 1.54) is 12.1 Å². The summed E-state index contributed by atoms with van der Waals surface area (Å²) in [6.45, 7) is 5.61. The van der Waals surface area contributed by atoms with Crippen LogP contribution < -0.4 is 11.1 Å². The topological polar surface area (TPSA) is 84.7 Å². The summed E-state index contributed by atoms with van der Waals surface area (Å²) >= 11 is 0. The molecule has 3 amide bonds. The molecule has 1 rings (SSSR count). The molecule has 0 fully saturated rings. The SMILES string of the molecule is CC(C)(C)OC(=O)N(CCN)C(=O)NCCc1cccc(F)c1. The van der Waals surface area contributed by atoms with Gasteiger partial charge in [0.2, 0.25) is 0 Å². The maximum Gasteiger partial charge on any atom is 0.418 e. The second-order valence-electron chi connectivity index (χ2n) is 6.03. The summed E-state index contributed by atoms with van der Waals surface area (Å²) in [4.78, 5) is 25.0. The van der Waals surface area contributed by atoms with Gasteiger partial charge in [-0.1, -0.05) is 12.1 Å². The first-order valence-corrected chi connectivity index (χ1v) is 7.46. The maximum atomic E-state index is 13.1. The van der Waals surface area contributed by atoms with Crippen LogP contribution in [-0.4, -0.2) is 42.3 Å². The second kappa shape index (κ2) is 8.47. The standard InChI is InChI=1S/C16H24FN3O3/c1-16(2,3)23-15(22)20(10-8-18)14(21)19-9-7-12-5-4-6-13(17)11-12/h4-6,11H,7-10,18H2,1-3H3,(H,19,21). The molecule has 0 radical (unpaired) electrons. The fourth-order valence-electron chi connectivity index (χ4n) is 1.82. The fraction of sp³-hybridized carbons (Fsp3) is 0.500. The molecular weight excluding hydrogens is 301 g/mol. The highest BCUT2D eigenvalue weighted by molar-refractivity contribution is 5.91. The molecule has 0 atom stereocenters. The summed E-state index contributed by atoms with van der Waals surface area (Å²) in [5.74, 6) is -0.327. The Balaban J connectivity index is 2.55. The summed E-state index contributed by atoms with van der Waals surface area (Å²) in [6.07, 6.45) is -0.292. The van der Waals surface area contributed by atoms with Crippen LogP contribution in [0.2, 0.25) is 0 Å². The zero-order valence-electron chi connectivity index (χ0n) is 13.8. The van der Waals surface area contributed by atoms with Gasteiger partial charge in [-0.05, 0) is 44.9 Å². The van der Waals surface area contributed by atoms with Gasteiger partial charge in [0.15, 0.2) is 0 Å². The Morgan fingerprint density at radius 2 is 2.04 bits per heavy atom. The van der Waals surface area contributed by atoms with Crippen molar-refractivity contribution >= 4 is 12.1 Å². The van der Waals surface area contributed by atoms with E-state index >= 15 is 0 Å². The molecule has 0 spiro atoms. The van der Waals surface area contributed by atoms with Crippen molar-refractivity contribution in [2.75, 3.05) is 19.6 Å². The summed E-state index contributed by atoms with van der Waals surface area (Å²) in [6, 6.07) is 5.54. The third-order valence-corrected chi connectivity index (χ3v) is 2.79.